The summed E-state index contributed by atoms with van der Waals surface area (Å²) in [4.78, 5) is 10.6. The Balaban J connectivity index is 3.81. The first-order valence-electron chi connectivity index (χ1n) is 2.90. The molecule has 0 radical (unpaired) electrons. The molecular formula is C5H12N2O3. The van der Waals surface area contributed by atoms with Gasteiger partial charge in [0.25, 0.3) is 0 Å². The van der Waals surface area contributed by atoms with Crippen molar-refractivity contribution in [2.75, 3.05) is 13.2 Å². The molecule has 5 heteroatoms. The van der Waals surface area contributed by atoms with Crippen LogP contribution in [0, 0.1) is 0 Å². The van der Waals surface area contributed by atoms with Crippen LogP contribution in [0.5, 0.6) is 0 Å². The molecule has 0 aromatic heterocycles. The molecule has 0 spiro atoms. The molecule has 0 aliphatic heterocycles. The highest BCUT2D eigenvalue weighted by Crippen LogP contribution is 1.88. The van der Waals surface area contributed by atoms with Gasteiger partial charge in [0.05, 0.1) is 25.3 Å². The Morgan fingerprint density at radius 2 is 2.10 bits per heavy atom. The van der Waals surface area contributed by atoms with Crippen molar-refractivity contribution in [3.05, 3.63) is 0 Å². The number of Topliss-reactive ketones (excluding diaryl/α,β-unsaturated/α-hetero) is 1. The maximum absolute atomic E-state index is 10.6. The van der Waals surface area contributed by atoms with Gasteiger partial charge in [0.2, 0.25) is 0 Å². The Kier molecular flexibility index (Phi) is 4.13. The molecule has 0 aromatic rings. The fraction of sp³-hybridized carbons (Fsp3) is 0.800. The third-order valence-electron chi connectivity index (χ3n) is 1.17. The molecule has 0 saturated carbocycles. The van der Waals surface area contributed by atoms with Crippen LogP contribution in [0.2, 0.25) is 0 Å². The van der Waals surface area contributed by atoms with Crippen molar-refractivity contribution in [3.63, 3.8) is 0 Å². The molecule has 0 unspecified atom stereocenters. The second kappa shape index (κ2) is 4.35. The van der Waals surface area contributed by atoms with Crippen LogP contribution in [0.25, 0.3) is 0 Å². The van der Waals surface area contributed by atoms with E-state index >= 15 is 0 Å². The molecule has 5 nitrogen and oxygen atoms in total. The fourth-order valence-corrected chi connectivity index (χ4v) is 0.464. The van der Waals surface area contributed by atoms with Gasteiger partial charge in [0, 0.05) is 0 Å². The van der Waals surface area contributed by atoms with E-state index in [-0.39, 0.29) is 6.54 Å². The van der Waals surface area contributed by atoms with Crippen molar-refractivity contribution < 1.29 is 15.0 Å². The predicted molar refractivity (Wildman–Crippen MR) is 35.1 cm³/mol. The van der Waals surface area contributed by atoms with Crippen LogP contribution in [0.4, 0.5) is 0 Å². The third-order valence-corrected chi connectivity index (χ3v) is 1.17. The van der Waals surface area contributed by atoms with E-state index in [4.69, 9.17) is 21.7 Å². The number of hydrogen-bond acceptors (Lipinski definition) is 5. The summed E-state index contributed by atoms with van der Waals surface area (Å²) in [5.41, 5.74) is 10.1. The highest BCUT2D eigenvalue weighted by molar-refractivity contribution is 5.86. The van der Waals surface area contributed by atoms with Gasteiger partial charge in [-0.3, -0.25) is 4.79 Å². The van der Waals surface area contributed by atoms with Gasteiger partial charge in [-0.05, 0) is 0 Å². The van der Waals surface area contributed by atoms with E-state index < -0.39 is 24.5 Å². The molecule has 10 heavy (non-hydrogen) atoms. The molecule has 2 atom stereocenters. The van der Waals surface area contributed by atoms with Gasteiger partial charge < -0.3 is 21.7 Å². The van der Waals surface area contributed by atoms with E-state index in [0.717, 1.165) is 0 Å². The minimum absolute atomic E-state index is 0.210. The molecular weight excluding hydrogens is 136 g/mol. The zero-order valence-electron chi connectivity index (χ0n) is 5.53. The molecule has 6 N–H and O–H groups in total. The SMILES string of the molecule is NCC(=O)[C@@H](N)[C@@H](O)CO. The van der Waals surface area contributed by atoms with Crippen molar-refractivity contribution >= 4 is 5.78 Å². The van der Waals surface area contributed by atoms with Gasteiger partial charge in [0.15, 0.2) is 5.78 Å². The summed E-state index contributed by atoms with van der Waals surface area (Å²) < 4.78 is 0. The minimum Gasteiger partial charge on any atom is -0.394 e. The van der Waals surface area contributed by atoms with E-state index in [0.29, 0.717) is 0 Å². The van der Waals surface area contributed by atoms with E-state index in [1.165, 1.54) is 0 Å². The number of nitrogens with two attached hydrogens (primary N) is 2. The van der Waals surface area contributed by atoms with Crippen LogP contribution in [-0.4, -0.2) is 41.3 Å². The molecule has 0 bridgehead atoms. The Labute approximate surface area is 58.6 Å². The Morgan fingerprint density at radius 1 is 1.60 bits per heavy atom. The monoisotopic (exact) mass is 148 g/mol. The lowest BCUT2D eigenvalue weighted by atomic mass is 10.1. The van der Waals surface area contributed by atoms with E-state index in [9.17, 15) is 4.79 Å². The highest BCUT2D eigenvalue weighted by atomic mass is 16.3. The molecule has 0 rings (SSSR count). The summed E-state index contributed by atoms with van der Waals surface area (Å²) in [7, 11) is 0. The van der Waals surface area contributed by atoms with Gasteiger partial charge in [-0.1, -0.05) is 0 Å². The largest absolute Gasteiger partial charge is 0.394 e. The zero-order valence-corrected chi connectivity index (χ0v) is 5.53. The topological polar surface area (TPSA) is 110 Å². The van der Waals surface area contributed by atoms with Gasteiger partial charge >= 0.3 is 0 Å². The quantitative estimate of drug-likeness (QED) is 0.344. The lowest BCUT2D eigenvalue weighted by Gasteiger charge is -2.13. The number of aliphatic hydroxyl groups is 2. The smallest absolute Gasteiger partial charge is 0.165 e. The minimum atomic E-state index is -1.20. The van der Waals surface area contributed by atoms with Crippen molar-refractivity contribution in [2.45, 2.75) is 12.1 Å². The molecule has 60 valence electrons. The molecule has 0 aliphatic rings. The molecule has 0 saturated heterocycles. The Bertz CT molecular complexity index is 117. The number of aliphatic hydroxyl groups excluding tert-OH is 2. The van der Waals surface area contributed by atoms with E-state index in [2.05, 4.69) is 0 Å². The number of carbonyl (C=O) groups is 1. The molecule has 0 aliphatic carbocycles. The van der Waals surface area contributed by atoms with Crippen molar-refractivity contribution in [1.29, 1.82) is 0 Å². The summed E-state index contributed by atoms with van der Waals surface area (Å²) in [5.74, 6) is -0.457. The number of hydrogen-bond donors (Lipinski definition) is 4. The number of rotatable bonds is 4. The highest BCUT2D eigenvalue weighted by Gasteiger charge is 2.19. The fourth-order valence-electron chi connectivity index (χ4n) is 0.464. The maximum atomic E-state index is 10.6. The normalized spacial score (nSPS) is 16.4. The summed E-state index contributed by atoms with van der Waals surface area (Å²) in [5, 5.41) is 17.1. The molecule has 0 fully saturated rings. The summed E-state index contributed by atoms with van der Waals surface area (Å²) in [6.07, 6.45) is -1.20. The predicted octanol–water partition coefficient (Wildman–Crippen LogP) is -2.81. The van der Waals surface area contributed by atoms with Crippen molar-refractivity contribution in [1.82, 2.24) is 0 Å². The lowest BCUT2D eigenvalue weighted by molar-refractivity contribution is -0.121. The average molecular weight is 148 g/mol. The zero-order chi connectivity index (χ0) is 8.15. The van der Waals surface area contributed by atoms with Crippen LogP contribution in [0.3, 0.4) is 0 Å². The van der Waals surface area contributed by atoms with Gasteiger partial charge in [0.1, 0.15) is 0 Å². The van der Waals surface area contributed by atoms with Crippen LogP contribution in [0.15, 0.2) is 0 Å². The van der Waals surface area contributed by atoms with Gasteiger partial charge in [-0.2, -0.15) is 0 Å². The van der Waals surface area contributed by atoms with Crippen molar-refractivity contribution in [2.24, 2.45) is 11.5 Å². The second-order valence-corrected chi connectivity index (χ2v) is 1.95. The third kappa shape index (κ3) is 2.40. The summed E-state index contributed by atoms with van der Waals surface area (Å²) in [6.45, 7) is -0.731. The first kappa shape index (κ1) is 9.51. The first-order valence-corrected chi connectivity index (χ1v) is 2.90. The van der Waals surface area contributed by atoms with Gasteiger partial charge in [-0.15, -0.1) is 0 Å². The lowest BCUT2D eigenvalue weighted by Crippen LogP contribution is -2.46. The molecule has 0 amide bonds. The van der Waals surface area contributed by atoms with Crippen LogP contribution >= 0.6 is 0 Å². The van der Waals surface area contributed by atoms with Crippen LogP contribution in [0.1, 0.15) is 0 Å². The van der Waals surface area contributed by atoms with Crippen LogP contribution in [-0.2, 0) is 4.79 Å². The van der Waals surface area contributed by atoms with Crippen molar-refractivity contribution in [3.8, 4) is 0 Å². The molecule has 0 heterocycles. The first-order chi connectivity index (χ1) is 4.63. The summed E-state index contributed by atoms with van der Waals surface area (Å²) in [6, 6.07) is -1.06. The van der Waals surface area contributed by atoms with Crippen LogP contribution < -0.4 is 11.5 Å². The maximum Gasteiger partial charge on any atom is 0.165 e. The second-order valence-electron chi connectivity index (χ2n) is 1.95. The number of carbonyl (C=O) groups excluding carboxylic acids is 1. The number of ketones is 1. The average Bonchev–Trinajstić information content (AvgIpc) is 2.00. The van der Waals surface area contributed by atoms with E-state index in [1.807, 2.05) is 0 Å². The summed E-state index contributed by atoms with van der Waals surface area (Å²) >= 11 is 0. The standard InChI is InChI=1S/C5H12N2O3/c6-1-3(9)5(7)4(10)2-8/h4-5,8,10H,1-2,6-7H2/t4-,5+/m0/s1. The molecule has 0 aromatic carbocycles. The van der Waals surface area contributed by atoms with Gasteiger partial charge in [-0.25, -0.2) is 0 Å². The Hall–Kier alpha value is -0.490. The Morgan fingerprint density at radius 3 is 2.40 bits per heavy atom. The van der Waals surface area contributed by atoms with E-state index in [1.54, 1.807) is 0 Å².